The third-order valence-electron chi connectivity index (χ3n) is 4.85. The van der Waals surface area contributed by atoms with E-state index in [0.29, 0.717) is 12.1 Å². The first kappa shape index (κ1) is 28.7. The summed E-state index contributed by atoms with van der Waals surface area (Å²) in [6, 6.07) is 4.84. The molecule has 0 radical (unpaired) electrons. The van der Waals surface area contributed by atoms with Gasteiger partial charge in [-0.05, 0) is 10.8 Å². The first-order valence-corrected chi connectivity index (χ1v) is 8.53. The molecule has 0 aromatic heterocycles. The molecule has 0 nitrogen and oxygen atoms in total. The van der Waals surface area contributed by atoms with Gasteiger partial charge in [-0.2, -0.15) is 74.6 Å². The van der Waals surface area contributed by atoms with Crippen LogP contribution in [0.15, 0.2) is 42.5 Å². The van der Waals surface area contributed by atoms with Gasteiger partial charge in [-0.15, -0.1) is 0 Å². The molecule has 0 saturated carbocycles. The Labute approximate surface area is 182 Å². The number of fused-ring (bicyclic) bond motifs is 1. The standard InChI is InChI=1S/C18H7F17/c19-11(20,10-7-3-5-8-4-1-2-6-9(8)10)12(21,22)13(23,24)14(25,26)15(27,28)16(29,30)17(31,32)18(33,34)35/h1-7H. The summed E-state index contributed by atoms with van der Waals surface area (Å²) in [6.45, 7) is 0. The molecule has 2 rings (SSSR count). The topological polar surface area (TPSA) is 0 Å². The Hall–Kier alpha value is -2.49. The molecule has 198 valence electrons. The highest BCUT2D eigenvalue weighted by Gasteiger charge is 2.95. The van der Waals surface area contributed by atoms with Crippen molar-refractivity contribution < 1.29 is 74.6 Å². The van der Waals surface area contributed by atoms with Crippen molar-refractivity contribution in [1.82, 2.24) is 0 Å². The highest BCUT2D eigenvalue weighted by Crippen LogP contribution is 2.65. The molecule has 0 atom stereocenters. The van der Waals surface area contributed by atoms with Gasteiger partial charge < -0.3 is 0 Å². The lowest BCUT2D eigenvalue weighted by atomic mass is 9.86. The summed E-state index contributed by atoms with van der Waals surface area (Å²) < 4.78 is 228. The molecule has 2 aromatic rings. The van der Waals surface area contributed by atoms with Gasteiger partial charge in [-0.25, -0.2) is 0 Å². The molecule has 0 spiro atoms. The van der Waals surface area contributed by atoms with Gasteiger partial charge >= 0.3 is 47.6 Å². The summed E-state index contributed by atoms with van der Waals surface area (Å²) in [5.74, 6) is -56.6. The maximum absolute atomic E-state index is 14.5. The largest absolute Gasteiger partial charge is 0.460 e. The predicted molar refractivity (Wildman–Crippen MR) is 83.6 cm³/mol. The summed E-state index contributed by atoms with van der Waals surface area (Å²) in [4.78, 5) is 0. The quantitative estimate of drug-likeness (QED) is 0.307. The van der Waals surface area contributed by atoms with E-state index in [1.165, 1.54) is 0 Å². The Morgan fingerprint density at radius 1 is 0.371 bits per heavy atom. The van der Waals surface area contributed by atoms with E-state index in [2.05, 4.69) is 0 Å². The second kappa shape index (κ2) is 7.75. The van der Waals surface area contributed by atoms with Crippen molar-refractivity contribution in [3.8, 4) is 0 Å². The van der Waals surface area contributed by atoms with Crippen LogP contribution in [0.4, 0.5) is 74.6 Å². The molecular weight excluding hydrogens is 539 g/mol. The molecule has 0 heterocycles. The lowest BCUT2D eigenvalue weighted by molar-refractivity contribution is -0.462. The molecule has 2 aromatic carbocycles. The van der Waals surface area contributed by atoms with E-state index in [1.54, 1.807) is 0 Å². The minimum Gasteiger partial charge on any atom is -0.194 e. The van der Waals surface area contributed by atoms with Crippen LogP contribution < -0.4 is 0 Å². The zero-order valence-corrected chi connectivity index (χ0v) is 16.0. The fraction of sp³-hybridized carbons (Fsp3) is 0.444. The van der Waals surface area contributed by atoms with Crippen LogP contribution in [-0.2, 0) is 5.92 Å². The molecule has 0 aliphatic carbocycles. The number of halogens is 17. The fourth-order valence-corrected chi connectivity index (χ4v) is 2.83. The average Bonchev–Trinajstić information content (AvgIpc) is 2.71. The minimum atomic E-state index is -8.64. The number of hydrogen-bond donors (Lipinski definition) is 0. The van der Waals surface area contributed by atoms with Gasteiger partial charge in [0.15, 0.2) is 0 Å². The van der Waals surface area contributed by atoms with Gasteiger partial charge in [0.2, 0.25) is 0 Å². The Balaban J connectivity index is 2.73. The van der Waals surface area contributed by atoms with Crippen molar-refractivity contribution in [2.24, 2.45) is 0 Å². The summed E-state index contributed by atoms with van der Waals surface area (Å²) in [5.41, 5.74) is -2.20. The van der Waals surface area contributed by atoms with E-state index in [9.17, 15) is 74.6 Å². The van der Waals surface area contributed by atoms with E-state index in [1.807, 2.05) is 0 Å². The molecule has 0 unspecified atom stereocenters. The van der Waals surface area contributed by atoms with Gasteiger partial charge in [0.05, 0.1) is 0 Å². The van der Waals surface area contributed by atoms with Crippen molar-refractivity contribution >= 4 is 10.8 Å². The minimum absolute atomic E-state index is 0.0466. The van der Waals surface area contributed by atoms with Gasteiger partial charge in [0.1, 0.15) is 0 Å². The molecule has 0 aliphatic rings. The molecule has 35 heavy (non-hydrogen) atoms. The van der Waals surface area contributed by atoms with E-state index in [-0.39, 0.29) is 6.07 Å². The van der Waals surface area contributed by atoms with Crippen molar-refractivity contribution in [3.63, 3.8) is 0 Å². The van der Waals surface area contributed by atoms with Crippen molar-refractivity contribution in [1.29, 1.82) is 0 Å². The fourth-order valence-electron chi connectivity index (χ4n) is 2.83. The number of hydrogen-bond acceptors (Lipinski definition) is 0. The summed E-state index contributed by atoms with van der Waals surface area (Å²) in [7, 11) is 0. The molecule has 0 N–H and O–H groups in total. The SMILES string of the molecule is FC(F)(F)C(F)(F)C(F)(F)C(F)(F)C(F)(F)C(F)(F)C(F)(F)C(F)(F)c1cccc2ccccc12. The smallest absolute Gasteiger partial charge is 0.194 e. The molecule has 0 fully saturated rings. The number of rotatable bonds is 7. The van der Waals surface area contributed by atoms with Crippen LogP contribution in [-0.4, -0.2) is 41.7 Å². The third-order valence-corrected chi connectivity index (χ3v) is 4.85. The van der Waals surface area contributed by atoms with Crippen LogP contribution in [0.25, 0.3) is 10.8 Å². The highest BCUT2D eigenvalue weighted by molar-refractivity contribution is 5.86. The van der Waals surface area contributed by atoms with Crippen LogP contribution >= 0.6 is 0 Å². The first-order chi connectivity index (χ1) is 15.3. The Morgan fingerprint density at radius 2 is 0.743 bits per heavy atom. The molecule has 0 amide bonds. The van der Waals surface area contributed by atoms with E-state index in [0.717, 1.165) is 24.3 Å². The monoisotopic (exact) mass is 546 g/mol. The second-order valence-electron chi connectivity index (χ2n) is 7.05. The second-order valence-corrected chi connectivity index (χ2v) is 7.05. The van der Waals surface area contributed by atoms with E-state index < -0.39 is 64.0 Å². The highest BCUT2D eigenvalue weighted by atomic mass is 19.4. The molecule has 0 saturated heterocycles. The predicted octanol–water partition coefficient (Wildman–Crippen LogP) is 8.31. The lowest BCUT2D eigenvalue weighted by Crippen LogP contribution is -2.74. The maximum atomic E-state index is 14.5. The Bertz CT molecular complexity index is 1070. The molecule has 0 bridgehead atoms. The Kier molecular flexibility index (Phi) is 6.37. The summed E-state index contributed by atoms with van der Waals surface area (Å²) in [6.07, 6.45) is -7.78. The van der Waals surface area contributed by atoms with Gasteiger partial charge in [-0.1, -0.05) is 42.5 Å². The lowest BCUT2D eigenvalue weighted by Gasteiger charge is -2.43. The summed E-state index contributed by atoms with van der Waals surface area (Å²) in [5, 5.41) is -1.43. The first-order valence-electron chi connectivity index (χ1n) is 8.53. The zero-order chi connectivity index (χ0) is 27.7. The normalized spacial score (nSPS) is 15.6. The van der Waals surface area contributed by atoms with Gasteiger partial charge in [0.25, 0.3) is 0 Å². The van der Waals surface area contributed by atoms with Crippen LogP contribution in [0.5, 0.6) is 0 Å². The van der Waals surface area contributed by atoms with Gasteiger partial charge in [0, 0.05) is 5.56 Å². The van der Waals surface area contributed by atoms with Crippen LogP contribution in [0, 0.1) is 0 Å². The maximum Gasteiger partial charge on any atom is 0.460 e. The molecule has 0 aliphatic heterocycles. The number of alkyl halides is 17. The summed E-state index contributed by atoms with van der Waals surface area (Å²) >= 11 is 0. The van der Waals surface area contributed by atoms with Crippen molar-refractivity contribution in [2.75, 3.05) is 0 Å². The van der Waals surface area contributed by atoms with Crippen LogP contribution in [0.1, 0.15) is 5.56 Å². The molecule has 17 heteroatoms. The van der Waals surface area contributed by atoms with Gasteiger partial charge in [-0.3, -0.25) is 0 Å². The molecular formula is C18H7F17. The number of benzene rings is 2. The van der Waals surface area contributed by atoms with Crippen LogP contribution in [0.2, 0.25) is 0 Å². The van der Waals surface area contributed by atoms with Crippen LogP contribution in [0.3, 0.4) is 0 Å². The average molecular weight is 546 g/mol. The van der Waals surface area contributed by atoms with E-state index in [4.69, 9.17) is 0 Å². The van der Waals surface area contributed by atoms with Crippen molar-refractivity contribution in [2.45, 2.75) is 47.6 Å². The Morgan fingerprint density at radius 3 is 1.20 bits per heavy atom. The van der Waals surface area contributed by atoms with Crippen molar-refractivity contribution in [3.05, 3.63) is 48.0 Å². The zero-order valence-electron chi connectivity index (χ0n) is 16.0. The third kappa shape index (κ3) is 3.58. The van der Waals surface area contributed by atoms with E-state index >= 15 is 0 Å².